The Bertz CT molecular complexity index is 180. The minimum atomic E-state index is -0.595. The molecule has 0 aromatic rings. The van der Waals surface area contributed by atoms with E-state index in [0.717, 1.165) is 36.8 Å². The molecule has 0 bridgehead atoms. The van der Waals surface area contributed by atoms with E-state index in [2.05, 4.69) is 19.2 Å². The highest BCUT2D eigenvalue weighted by Crippen LogP contribution is 2.32. The minimum absolute atomic E-state index is 0.526. The Labute approximate surface area is 90.3 Å². The highest BCUT2D eigenvalue weighted by atomic mass is 32.2. The molecule has 1 aliphatic rings. The average molecular weight is 217 g/mol. The zero-order chi connectivity index (χ0) is 10.4. The molecular weight excluding hydrogens is 194 g/mol. The van der Waals surface area contributed by atoms with Gasteiger partial charge in [0, 0.05) is 28.3 Å². The van der Waals surface area contributed by atoms with Gasteiger partial charge in [0.05, 0.1) is 0 Å². The number of unbranched alkanes of at least 4 members (excludes halogenated alkanes) is 1. The fraction of sp³-hybridized carbons (Fsp3) is 1.00. The van der Waals surface area contributed by atoms with E-state index in [1.807, 2.05) is 0 Å². The van der Waals surface area contributed by atoms with Crippen molar-refractivity contribution in [3.05, 3.63) is 0 Å². The summed E-state index contributed by atoms with van der Waals surface area (Å²) >= 11 is 0. The van der Waals surface area contributed by atoms with E-state index < -0.39 is 10.8 Å². The lowest BCUT2D eigenvalue weighted by Gasteiger charge is -2.16. The number of nitrogens with one attached hydrogen (secondary N) is 1. The van der Waals surface area contributed by atoms with E-state index in [4.69, 9.17) is 0 Å². The molecule has 0 aromatic carbocycles. The van der Waals surface area contributed by atoms with Crippen LogP contribution in [-0.4, -0.2) is 28.3 Å². The second-order valence-electron chi connectivity index (χ2n) is 4.17. The summed E-state index contributed by atoms with van der Waals surface area (Å²) in [6.45, 7) is 5.29. The molecule has 0 spiro atoms. The number of rotatable bonds is 8. The molecule has 0 saturated heterocycles. The van der Waals surface area contributed by atoms with Gasteiger partial charge in [-0.15, -0.1) is 0 Å². The van der Waals surface area contributed by atoms with Crippen molar-refractivity contribution in [1.82, 2.24) is 5.32 Å². The van der Waals surface area contributed by atoms with E-state index in [1.165, 1.54) is 12.8 Å². The molecule has 1 N–H and O–H groups in total. The molecule has 0 heterocycles. The topological polar surface area (TPSA) is 29.1 Å². The molecule has 84 valence electrons. The SMILES string of the molecule is CCCCS(=O)CC(NCC)C1CC1. The molecule has 14 heavy (non-hydrogen) atoms. The van der Waals surface area contributed by atoms with Gasteiger partial charge in [-0.3, -0.25) is 4.21 Å². The smallest absolute Gasteiger partial charge is 0.0391 e. The number of hydrogen-bond donors (Lipinski definition) is 1. The van der Waals surface area contributed by atoms with Crippen LogP contribution in [0.3, 0.4) is 0 Å². The van der Waals surface area contributed by atoms with Crippen molar-refractivity contribution in [2.45, 2.75) is 45.6 Å². The molecule has 0 radical (unpaired) electrons. The summed E-state index contributed by atoms with van der Waals surface area (Å²) in [5.41, 5.74) is 0. The van der Waals surface area contributed by atoms with Gasteiger partial charge >= 0.3 is 0 Å². The van der Waals surface area contributed by atoms with Crippen LogP contribution in [-0.2, 0) is 10.8 Å². The van der Waals surface area contributed by atoms with Crippen LogP contribution >= 0.6 is 0 Å². The Morgan fingerprint density at radius 2 is 2.14 bits per heavy atom. The third kappa shape index (κ3) is 4.56. The predicted molar refractivity (Wildman–Crippen MR) is 63.0 cm³/mol. The van der Waals surface area contributed by atoms with Crippen molar-refractivity contribution in [1.29, 1.82) is 0 Å². The normalized spacial score (nSPS) is 20.7. The molecule has 0 amide bonds. The first-order valence-corrected chi connectivity index (χ1v) is 7.35. The first-order chi connectivity index (χ1) is 6.77. The summed E-state index contributed by atoms with van der Waals surface area (Å²) in [6.07, 6.45) is 4.93. The Balaban J connectivity index is 2.20. The maximum atomic E-state index is 11.7. The summed E-state index contributed by atoms with van der Waals surface area (Å²) in [5.74, 6) is 2.59. The molecule has 2 unspecified atom stereocenters. The number of hydrogen-bond acceptors (Lipinski definition) is 2. The van der Waals surface area contributed by atoms with E-state index in [9.17, 15) is 4.21 Å². The van der Waals surface area contributed by atoms with Gasteiger partial charge in [0.25, 0.3) is 0 Å². The summed E-state index contributed by atoms with van der Waals surface area (Å²) in [7, 11) is -0.595. The molecule has 0 aromatic heterocycles. The van der Waals surface area contributed by atoms with Gasteiger partial charge in [-0.05, 0) is 31.7 Å². The van der Waals surface area contributed by atoms with Gasteiger partial charge in [0.15, 0.2) is 0 Å². The third-order valence-corrected chi connectivity index (χ3v) is 4.22. The summed E-state index contributed by atoms with van der Waals surface area (Å²) in [5, 5.41) is 3.46. The van der Waals surface area contributed by atoms with E-state index in [0.29, 0.717) is 6.04 Å². The molecular formula is C11H23NOS. The molecule has 2 atom stereocenters. The fourth-order valence-electron chi connectivity index (χ4n) is 1.71. The van der Waals surface area contributed by atoms with E-state index >= 15 is 0 Å². The van der Waals surface area contributed by atoms with Crippen molar-refractivity contribution in [3.8, 4) is 0 Å². The van der Waals surface area contributed by atoms with Crippen molar-refractivity contribution in [2.75, 3.05) is 18.1 Å². The lowest BCUT2D eigenvalue weighted by atomic mass is 10.2. The second-order valence-corrected chi connectivity index (χ2v) is 5.79. The largest absolute Gasteiger partial charge is 0.313 e. The monoisotopic (exact) mass is 217 g/mol. The summed E-state index contributed by atoms with van der Waals surface area (Å²) < 4.78 is 11.7. The third-order valence-electron chi connectivity index (χ3n) is 2.75. The van der Waals surface area contributed by atoms with Crippen molar-refractivity contribution in [2.24, 2.45) is 5.92 Å². The lowest BCUT2D eigenvalue weighted by molar-refractivity contribution is 0.514. The van der Waals surface area contributed by atoms with Crippen molar-refractivity contribution < 1.29 is 4.21 Å². The van der Waals surface area contributed by atoms with Crippen LogP contribution in [0.25, 0.3) is 0 Å². The molecule has 1 rings (SSSR count). The lowest BCUT2D eigenvalue weighted by Crippen LogP contribution is -2.36. The first kappa shape index (κ1) is 12.2. The van der Waals surface area contributed by atoms with Crippen LogP contribution in [0.1, 0.15) is 39.5 Å². The van der Waals surface area contributed by atoms with E-state index in [-0.39, 0.29) is 0 Å². The molecule has 0 aliphatic heterocycles. The highest BCUT2D eigenvalue weighted by Gasteiger charge is 2.31. The second kappa shape index (κ2) is 6.57. The Hall–Kier alpha value is 0.110. The Kier molecular flexibility index (Phi) is 5.71. The minimum Gasteiger partial charge on any atom is -0.313 e. The molecule has 2 nitrogen and oxygen atoms in total. The van der Waals surface area contributed by atoms with E-state index in [1.54, 1.807) is 0 Å². The Morgan fingerprint density at radius 3 is 2.64 bits per heavy atom. The van der Waals surface area contributed by atoms with Crippen molar-refractivity contribution >= 4 is 10.8 Å². The van der Waals surface area contributed by atoms with Crippen LogP contribution in [0.2, 0.25) is 0 Å². The van der Waals surface area contributed by atoms with Crippen LogP contribution < -0.4 is 5.32 Å². The predicted octanol–water partition coefficient (Wildman–Crippen LogP) is 1.92. The standard InChI is InChI=1S/C11H23NOS/c1-3-5-8-14(13)9-11(12-4-2)10-6-7-10/h10-12H,3-9H2,1-2H3. The molecule has 3 heteroatoms. The zero-order valence-electron chi connectivity index (χ0n) is 9.42. The molecule has 1 aliphatic carbocycles. The average Bonchev–Trinajstić information content (AvgIpc) is 2.97. The van der Waals surface area contributed by atoms with Crippen LogP contribution in [0.15, 0.2) is 0 Å². The molecule has 1 saturated carbocycles. The molecule has 1 fully saturated rings. The zero-order valence-corrected chi connectivity index (χ0v) is 10.2. The summed E-state index contributed by atoms with van der Waals surface area (Å²) in [4.78, 5) is 0. The van der Waals surface area contributed by atoms with Gasteiger partial charge in [0.2, 0.25) is 0 Å². The summed E-state index contributed by atoms with van der Waals surface area (Å²) in [6, 6.07) is 0.526. The van der Waals surface area contributed by atoms with Gasteiger partial charge in [-0.2, -0.15) is 0 Å². The van der Waals surface area contributed by atoms with Crippen LogP contribution in [0, 0.1) is 5.92 Å². The first-order valence-electron chi connectivity index (χ1n) is 5.86. The quantitative estimate of drug-likeness (QED) is 0.673. The van der Waals surface area contributed by atoms with Gasteiger partial charge in [0.1, 0.15) is 0 Å². The maximum Gasteiger partial charge on any atom is 0.0391 e. The van der Waals surface area contributed by atoms with Crippen LogP contribution in [0.5, 0.6) is 0 Å². The van der Waals surface area contributed by atoms with Gasteiger partial charge in [-0.25, -0.2) is 0 Å². The van der Waals surface area contributed by atoms with Crippen LogP contribution in [0.4, 0.5) is 0 Å². The van der Waals surface area contributed by atoms with Gasteiger partial charge in [-0.1, -0.05) is 20.3 Å². The van der Waals surface area contributed by atoms with Crippen molar-refractivity contribution in [3.63, 3.8) is 0 Å². The van der Waals surface area contributed by atoms with Gasteiger partial charge < -0.3 is 5.32 Å². The Morgan fingerprint density at radius 1 is 1.43 bits per heavy atom. The highest BCUT2D eigenvalue weighted by molar-refractivity contribution is 7.85. The fourth-order valence-corrected chi connectivity index (χ4v) is 3.28. The maximum absolute atomic E-state index is 11.7.